The van der Waals surface area contributed by atoms with Crippen LogP contribution in [0, 0.1) is 10.1 Å². The third-order valence-electron chi connectivity index (χ3n) is 3.63. The van der Waals surface area contributed by atoms with Gasteiger partial charge in [-0.1, -0.05) is 30.3 Å². The van der Waals surface area contributed by atoms with Gasteiger partial charge in [0.2, 0.25) is 0 Å². The average Bonchev–Trinajstić information content (AvgIpc) is 2.64. The number of aliphatic hydroxyl groups is 2. The number of non-ortho nitro benzene ring substituents is 1. The first-order chi connectivity index (χ1) is 12.4. The maximum Gasteiger partial charge on any atom is 0.407 e. The van der Waals surface area contributed by atoms with Gasteiger partial charge in [-0.2, -0.15) is 0 Å². The highest BCUT2D eigenvalue weighted by atomic mass is 16.6. The summed E-state index contributed by atoms with van der Waals surface area (Å²) in [5, 5.41) is 33.1. The van der Waals surface area contributed by atoms with E-state index in [1.54, 1.807) is 12.1 Å². The van der Waals surface area contributed by atoms with Crippen molar-refractivity contribution >= 4 is 17.5 Å². The van der Waals surface area contributed by atoms with Gasteiger partial charge in [0.25, 0.3) is 5.69 Å². The molecule has 1 amide bonds. The van der Waals surface area contributed by atoms with Crippen molar-refractivity contribution in [2.75, 3.05) is 12.3 Å². The van der Waals surface area contributed by atoms with Crippen LogP contribution >= 0.6 is 0 Å². The minimum Gasteiger partial charge on any atom is -0.445 e. The molecule has 0 heterocycles. The molecule has 0 bridgehead atoms. The van der Waals surface area contributed by atoms with Gasteiger partial charge in [-0.15, -0.1) is 0 Å². The smallest absolute Gasteiger partial charge is 0.407 e. The van der Waals surface area contributed by atoms with E-state index in [-0.39, 0.29) is 30.1 Å². The van der Waals surface area contributed by atoms with E-state index < -0.39 is 23.2 Å². The summed E-state index contributed by atoms with van der Waals surface area (Å²) in [6.45, 7) is -0.216. The molecule has 2 atom stereocenters. The molecule has 138 valence electrons. The molecule has 2 aromatic rings. The Kier molecular flexibility index (Phi) is 6.48. The van der Waals surface area contributed by atoms with Gasteiger partial charge in [0.05, 0.1) is 4.92 Å². The predicted octanol–water partition coefficient (Wildman–Crippen LogP) is 1.50. The lowest BCUT2D eigenvalue weighted by Gasteiger charge is -2.19. The lowest BCUT2D eigenvalue weighted by atomic mass is 10.0. The quantitative estimate of drug-likeness (QED) is 0.332. The number of hydrogen-bond donors (Lipinski definition) is 4. The summed E-state index contributed by atoms with van der Waals surface area (Å²) in [5.41, 5.74) is 6.36. The number of rotatable bonds is 7. The van der Waals surface area contributed by atoms with Gasteiger partial charge in [0, 0.05) is 29.9 Å². The minimum absolute atomic E-state index is 0.0302. The van der Waals surface area contributed by atoms with E-state index in [1.807, 2.05) is 18.2 Å². The van der Waals surface area contributed by atoms with Crippen LogP contribution in [0.5, 0.6) is 0 Å². The lowest BCUT2D eigenvalue weighted by Crippen LogP contribution is -2.36. The number of anilines is 1. The van der Waals surface area contributed by atoms with Gasteiger partial charge in [0.15, 0.2) is 0 Å². The summed E-state index contributed by atoms with van der Waals surface area (Å²) in [6.07, 6.45) is -3.55. The monoisotopic (exact) mass is 361 g/mol. The Morgan fingerprint density at radius 1 is 1.23 bits per heavy atom. The number of nitrogens with one attached hydrogen (secondary N) is 1. The van der Waals surface area contributed by atoms with Crippen molar-refractivity contribution in [1.29, 1.82) is 0 Å². The molecule has 2 aromatic carbocycles. The molecule has 2 rings (SSSR count). The number of alkyl carbamates (subject to hydrolysis) is 1. The first kappa shape index (κ1) is 19.2. The zero-order valence-electron chi connectivity index (χ0n) is 13.7. The molecule has 5 N–H and O–H groups in total. The number of nitrogens with zero attached hydrogens (tertiary/aromatic N) is 1. The summed E-state index contributed by atoms with van der Waals surface area (Å²) < 4.78 is 4.99. The third kappa shape index (κ3) is 5.16. The Balaban J connectivity index is 1.85. The highest BCUT2D eigenvalue weighted by Gasteiger charge is 2.22. The van der Waals surface area contributed by atoms with Crippen LogP contribution in [0.2, 0.25) is 0 Å². The fourth-order valence-corrected chi connectivity index (χ4v) is 2.23. The van der Waals surface area contributed by atoms with E-state index in [0.29, 0.717) is 0 Å². The van der Waals surface area contributed by atoms with Crippen molar-refractivity contribution in [2.45, 2.75) is 18.8 Å². The maximum atomic E-state index is 11.6. The molecular weight excluding hydrogens is 342 g/mol. The summed E-state index contributed by atoms with van der Waals surface area (Å²) in [6, 6.07) is 12.6. The number of carbonyl (C=O) groups excluding carboxylic acids is 1. The van der Waals surface area contributed by atoms with Crippen molar-refractivity contribution in [3.63, 3.8) is 0 Å². The minimum atomic E-state index is -1.43. The Bertz CT molecular complexity index is 768. The topological polar surface area (TPSA) is 148 Å². The van der Waals surface area contributed by atoms with Crippen molar-refractivity contribution in [2.24, 2.45) is 0 Å². The van der Waals surface area contributed by atoms with Crippen LogP contribution in [0.25, 0.3) is 0 Å². The normalized spacial score (nSPS) is 12.8. The predicted molar refractivity (Wildman–Crippen MR) is 93.1 cm³/mol. The number of hydrogen-bond acceptors (Lipinski definition) is 7. The van der Waals surface area contributed by atoms with Gasteiger partial charge in [-0.05, 0) is 11.6 Å². The summed E-state index contributed by atoms with van der Waals surface area (Å²) in [7, 11) is 0. The molecule has 0 fully saturated rings. The number of nitrogens with two attached hydrogens (primary N) is 1. The molecule has 0 aliphatic rings. The van der Waals surface area contributed by atoms with Crippen LogP contribution < -0.4 is 11.1 Å². The molecule has 9 nitrogen and oxygen atoms in total. The second kappa shape index (κ2) is 8.79. The molecule has 0 aliphatic heterocycles. The number of benzene rings is 2. The van der Waals surface area contributed by atoms with Crippen molar-refractivity contribution in [3.8, 4) is 0 Å². The molecule has 0 saturated heterocycles. The molecule has 0 spiro atoms. The van der Waals surface area contributed by atoms with Crippen molar-refractivity contribution in [3.05, 3.63) is 69.8 Å². The van der Waals surface area contributed by atoms with Crippen LogP contribution in [0.15, 0.2) is 48.5 Å². The standard InChI is InChI=1S/C17H19N3O6/c18-14-8-12(20(24)25)6-7-13(14)16(22)15(21)9-19-17(23)26-10-11-4-2-1-3-5-11/h1-8,15-16,21-22H,9-10,18H2,(H,19,23). The van der Waals surface area contributed by atoms with E-state index in [4.69, 9.17) is 10.5 Å². The number of aliphatic hydroxyl groups excluding tert-OH is 2. The van der Waals surface area contributed by atoms with Crippen LogP contribution in [-0.4, -0.2) is 33.9 Å². The summed E-state index contributed by atoms with van der Waals surface area (Å²) in [4.78, 5) is 21.7. The molecule has 2 unspecified atom stereocenters. The SMILES string of the molecule is Nc1cc([N+](=O)[O-])ccc1C(O)C(O)CNC(=O)OCc1ccccc1. The van der Waals surface area contributed by atoms with Crippen LogP contribution in [0.1, 0.15) is 17.2 Å². The Labute approximate surface area is 149 Å². The summed E-state index contributed by atoms with van der Waals surface area (Å²) >= 11 is 0. The van der Waals surface area contributed by atoms with Crippen LogP contribution in [0.4, 0.5) is 16.2 Å². The number of nitro benzene ring substituents is 1. The fraction of sp³-hybridized carbons (Fsp3) is 0.235. The first-order valence-corrected chi connectivity index (χ1v) is 7.73. The molecular formula is C17H19N3O6. The van der Waals surface area contributed by atoms with Crippen molar-refractivity contribution in [1.82, 2.24) is 5.32 Å². The van der Waals surface area contributed by atoms with E-state index >= 15 is 0 Å². The molecule has 9 heteroatoms. The maximum absolute atomic E-state index is 11.6. The van der Waals surface area contributed by atoms with E-state index in [0.717, 1.165) is 11.6 Å². The highest BCUT2D eigenvalue weighted by molar-refractivity contribution is 5.67. The lowest BCUT2D eigenvalue weighted by molar-refractivity contribution is -0.384. The second-order valence-electron chi connectivity index (χ2n) is 5.53. The Morgan fingerprint density at radius 2 is 1.92 bits per heavy atom. The number of carbonyl (C=O) groups is 1. The molecule has 26 heavy (non-hydrogen) atoms. The van der Waals surface area contributed by atoms with E-state index in [1.165, 1.54) is 12.1 Å². The van der Waals surface area contributed by atoms with Gasteiger partial charge < -0.3 is 26.0 Å². The fourth-order valence-electron chi connectivity index (χ4n) is 2.23. The third-order valence-corrected chi connectivity index (χ3v) is 3.63. The van der Waals surface area contributed by atoms with E-state index in [2.05, 4.69) is 5.32 Å². The Hall–Kier alpha value is -3.17. The highest BCUT2D eigenvalue weighted by Crippen LogP contribution is 2.27. The Morgan fingerprint density at radius 3 is 2.54 bits per heavy atom. The zero-order valence-corrected chi connectivity index (χ0v) is 13.7. The second-order valence-corrected chi connectivity index (χ2v) is 5.53. The number of ether oxygens (including phenoxy) is 1. The summed E-state index contributed by atoms with van der Waals surface area (Å²) in [5.74, 6) is 0. The zero-order chi connectivity index (χ0) is 19.1. The number of nitrogen functional groups attached to an aromatic ring is 1. The average molecular weight is 361 g/mol. The van der Waals surface area contributed by atoms with Gasteiger partial charge in [-0.3, -0.25) is 10.1 Å². The van der Waals surface area contributed by atoms with Gasteiger partial charge in [0.1, 0.15) is 18.8 Å². The first-order valence-electron chi connectivity index (χ1n) is 7.73. The van der Waals surface area contributed by atoms with Crippen LogP contribution in [-0.2, 0) is 11.3 Å². The molecule has 0 aliphatic carbocycles. The number of amides is 1. The number of nitro groups is 1. The van der Waals surface area contributed by atoms with Crippen LogP contribution in [0.3, 0.4) is 0 Å². The van der Waals surface area contributed by atoms with E-state index in [9.17, 15) is 25.1 Å². The van der Waals surface area contributed by atoms with Gasteiger partial charge >= 0.3 is 6.09 Å². The van der Waals surface area contributed by atoms with Gasteiger partial charge in [-0.25, -0.2) is 4.79 Å². The van der Waals surface area contributed by atoms with Crippen molar-refractivity contribution < 1.29 is 24.7 Å². The molecule has 0 aromatic heterocycles. The molecule has 0 radical (unpaired) electrons. The largest absolute Gasteiger partial charge is 0.445 e. The molecule has 0 saturated carbocycles.